The van der Waals surface area contributed by atoms with E-state index in [-0.39, 0.29) is 11.8 Å². The normalized spacial score (nSPS) is 16.8. The van der Waals surface area contributed by atoms with Crippen molar-refractivity contribution in [3.05, 3.63) is 88.8 Å². The van der Waals surface area contributed by atoms with E-state index in [2.05, 4.69) is 4.98 Å². The number of nitrogens with zero attached hydrogens (tertiary/aromatic N) is 2. The first-order chi connectivity index (χ1) is 14.7. The van der Waals surface area contributed by atoms with Gasteiger partial charge in [0.1, 0.15) is 11.3 Å². The van der Waals surface area contributed by atoms with Gasteiger partial charge in [0.05, 0.1) is 12.1 Å². The molecule has 1 aliphatic rings. The summed E-state index contributed by atoms with van der Waals surface area (Å²) in [5.74, 6) is 1.83. The van der Waals surface area contributed by atoms with Gasteiger partial charge in [-0.05, 0) is 36.6 Å². The van der Waals surface area contributed by atoms with Gasteiger partial charge in [-0.15, -0.1) is 0 Å². The van der Waals surface area contributed by atoms with Crippen LogP contribution in [0.5, 0.6) is 0 Å². The third-order valence-electron chi connectivity index (χ3n) is 5.59. The van der Waals surface area contributed by atoms with E-state index in [1.54, 1.807) is 6.20 Å². The smallest absolute Gasteiger partial charge is 0.289 e. The molecular weight excluding hydrogens is 400 g/mol. The van der Waals surface area contributed by atoms with Gasteiger partial charge >= 0.3 is 0 Å². The van der Waals surface area contributed by atoms with Crippen LogP contribution in [0.25, 0.3) is 11.0 Å². The van der Waals surface area contributed by atoms with Crippen molar-refractivity contribution in [2.75, 3.05) is 13.1 Å². The number of carbonyl (C=O) groups excluding carboxylic acids is 1. The molecule has 3 heterocycles. The minimum atomic E-state index is -0.0845. The van der Waals surface area contributed by atoms with Gasteiger partial charge in [0.2, 0.25) is 0 Å². The monoisotopic (exact) mass is 420 g/mol. The molecule has 1 fully saturated rings. The van der Waals surface area contributed by atoms with Crippen LogP contribution >= 0.6 is 11.6 Å². The number of piperidine rings is 1. The second-order valence-electron chi connectivity index (χ2n) is 7.67. The van der Waals surface area contributed by atoms with Crippen molar-refractivity contribution in [3.8, 4) is 0 Å². The SMILES string of the molecule is O=C(c1cc2ccccc2o1)N1CCCC(c2ncc(Cc3ccccc3Cl)o2)C1. The van der Waals surface area contributed by atoms with Crippen LogP contribution in [0.15, 0.2) is 69.6 Å². The topological polar surface area (TPSA) is 59.5 Å². The summed E-state index contributed by atoms with van der Waals surface area (Å²) in [5.41, 5.74) is 1.73. The Balaban J connectivity index is 1.30. The summed E-state index contributed by atoms with van der Waals surface area (Å²) < 4.78 is 11.8. The number of hydrogen-bond acceptors (Lipinski definition) is 4. The van der Waals surface area contributed by atoms with Crippen LogP contribution in [0.4, 0.5) is 0 Å². The Hall–Kier alpha value is -3.05. The number of furan rings is 1. The van der Waals surface area contributed by atoms with Crippen LogP contribution in [0.1, 0.15) is 46.5 Å². The number of hydrogen-bond donors (Lipinski definition) is 0. The van der Waals surface area contributed by atoms with Gasteiger partial charge in [0, 0.05) is 29.9 Å². The largest absolute Gasteiger partial charge is 0.451 e. The molecule has 2 aromatic heterocycles. The van der Waals surface area contributed by atoms with Crippen LogP contribution in [0.2, 0.25) is 5.02 Å². The molecule has 2 aromatic carbocycles. The highest BCUT2D eigenvalue weighted by atomic mass is 35.5. The van der Waals surface area contributed by atoms with E-state index >= 15 is 0 Å². The van der Waals surface area contributed by atoms with Gasteiger partial charge in [0.15, 0.2) is 11.7 Å². The predicted octanol–water partition coefficient (Wildman–Crippen LogP) is 5.68. The maximum absolute atomic E-state index is 13.0. The van der Waals surface area contributed by atoms with Crippen LogP contribution < -0.4 is 0 Å². The summed E-state index contributed by atoms with van der Waals surface area (Å²) in [5, 5.41) is 1.65. The third-order valence-corrected chi connectivity index (χ3v) is 5.96. The summed E-state index contributed by atoms with van der Waals surface area (Å²) >= 11 is 6.26. The molecule has 0 N–H and O–H groups in total. The molecule has 0 spiro atoms. The van der Waals surface area contributed by atoms with E-state index in [1.807, 2.05) is 59.5 Å². The molecule has 1 atom stereocenters. The van der Waals surface area contributed by atoms with E-state index in [0.717, 1.165) is 40.2 Å². The van der Waals surface area contributed by atoms with Gasteiger partial charge in [-0.1, -0.05) is 48.0 Å². The first kappa shape index (κ1) is 18.9. The van der Waals surface area contributed by atoms with Gasteiger partial charge in [-0.25, -0.2) is 4.98 Å². The standard InChI is InChI=1S/C24H21ClN2O3/c25-20-9-3-1-6-16(20)12-19-14-26-23(29-19)18-8-5-11-27(15-18)24(28)22-13-17-7-2-4-10-21(17)30-22/h1-4,6-7,9-10,13-14,18H,5,8,11-12,15H2. The molecular formula is C24H21ClN2O3. The van der Waals surface area contributed by atoms with Crippen LogP contribution in [-0.2, 0) is 6.42 Å². The van der Waals surface area contributed by atoms with Crippen LogP contribution in [0, 0.1) is 0 Å². The zero-order valence-corrected chi connectivity index (χ0v) is 17.1. The minimum absolute atomic E-state index is 0.0760. The molecule has 0 radical (unpaired) electrons. The Bertz CT molecular complexity index is 1160. The number of oxazole rings is 1. The van der Waals surface area contributed by atoms with Gasteiger partial charge < -0.3 is 13.7 Å². The average molecular weight is 421 g/mol. The van der Waals surface area contributed by atoms with Gasteiger partial charge in [-0.3, -0.25) is 4.79 Å². The van der Waals surface area contributed by atoms with Crippen molar-refractivity contribution in [3.63, 3.8) is 0 Å². The highest BCUT2D eigenvalue weighted by Gasteiger charge is 2.29. The molecule has 0 saturated carbocycles. The highest BCUT2D eigenvalue weighted by Crippen LogP contribution is 2.29. The van der Waals surface area contributed by atoms with E-state index in [4.69, 9.17) is 20.4 Å². The molecule has 1 unspecified atom stereocenters. The zero-order chi connectivity index (χ0) is 20.5. The molecule has 6 heteroatoms. The quantitative estimate of drug-likeness (QED) is 0.426. The third kappa shape index (κ3) is 3.73. The predicted molar refractivity (Wildman–Crippen MR) is 115 cm³/mol. The lowest BCUT2D eigenvalue weighted by atomic mass is 9.98. The molecule has 30 heavy (non-hydrogen) atoms. The van der Waals surface area contributed by atoms with Gasteiger partial charge in [-0.2, -0.15) is 0 Å². The molecule has 0 bridgehead atoms. The Kier molecular flexibility index (Phi) is 5.05. The highest BCUT2D eigenvalue weighted by molar-refractivity contribution is 6.31. The molecule has 1 saturated heterocycles. The fourth-order valence-electron chi connectivity index (χ4n) is 4.03. The minimum Gasteiger partial charge on any atom is -0.451 e. The molecule has 152 valence electrons. The second kappa shape index (κ2) is 8.00. The lowest BCUT2D eigenvalue weighted by molar-refractivity contribution is 0.0668. The Morgan fingerprint density at radius 2 is 1.97 bits per heavy atom. The lowest BCUT2D eigenvalue weighted by Crippen LogP contribution is -2.39. The van der Waals surface area contributed by atoms with E-state index in [9.17, 15) is 4.79 Å². The van der Waals surface area contributed by atoms with Crippen molar-refractivity contribution in [2.24, 2.45) is 0 Å². The number of amides is 1. The van der Waals surface area contributed by atoms with Crippen molar-refractivity contribution in [2.45, 2.75) is 25.2 Å². The summed E-state index contributed by atoms with van der Waals surface area (Å²) in [6.45, 7) is 1.28. The van der Waals surface area contributed by atoms with Crippen molar-refractivity contribution < 1.29 is 13.6 Å². The maximum Gasteiger partial charge on any atom is 0.289 e. The average Bonchev–Trinajstić information content (AvgIpc) is 3.42. The fourth-order valence-corrected chi connectivity index (χ4v) is 4.23. The molecule has 0 aliphatic carbocycles. The van der Waals surface area contributed by atoms with Crippen LogP contribution in [0.3, 0.4) is 0 Å². The first-order valence-electron chi connectivity index (χ1n) is 10.1. The summed E-state index contributed by atoms with van der Waals surface area (Å²) in [4.78, 5) is 19.3. The molecule has 5 rings (SSSR count). The number of benzene rings is 2. The number of carbonyl (C=O) groups is 1. The van der Waals surface area contributed by atoms with Crippen LogP contribution in [-0.4, -0.2) is 28.9 Å². The molecule has 4 aromatic rings. The zero-order valence-electron chi connectivity index (χ0n) is 16.4. The molecule has 1 aliphatic heterocycles. The number of rotatable bonds is 4. The second-order valence-corrected chi connectivity index (χ2v) is 8.08. The van der Waals surface area contributed by atoms with E-state index in [1.165, 1.54) is 0 Å². The number of para-hydroxylation sites is 1. The van der Waals surface area contributed by atoms with E-state index < -0.39 is 0 Å². The maximum atomic E-state index is 13.0. The Morgan fingerprint density at radius 3 is 2.83 bits per heavy atom. The number of halogens is 1. The van der Waals surface area contributed by atoms with Crippen molar-refractivity contribution in [1.82, 2.24) is 9.88 Å². The summed E-state index contributed by atoms with van der Waals surface area (Å²) in [6, 6.07) is 17.2. The summed E-state index contributed by atoms with van der Waals surface area (Å²) in [6.07, 6.45) is 4.20. The number of aromatic nitrogens is 1. The Labute approximate surface area is 179 Å². The van der Waals surface area contributed by atoms with Crippen molar-refractivity contribution in [1.29, 1.82) is 0 Å². The van der Waals surface area contributed by atoms with Crippen molar-refractivity contribution >= 4 is 28.5 Å². The number of likely N-dealkylation sites (tertiary alicyclic amines) is 1. The number of fused-ring (bicyclic) bond motifs is 1. The van der Waals surface area contributed by atoms with Gasteiger partial charge in [0.25, 0.3) is 5.91 Å². The lowest BCUT2D eigenvalue weighted by Gasteiger charge is -2.30. The summed E-state index contributed by atoms with van der Waals surface area (Å²) in [7, 11) is 0. The molecule has 5 nitrogen and oxygen atoms in total. The fraction of sp³-hybridized carbons (Fsp3) is 0.250. The first-order valence-corrected chi connectivity index (χ1v) is 10.5. The van der Waals surface area contributed by atoms with E-state index in [0.29, 0.717) is 31.2 Å². The Morgan fingerprint density at radius 1 is 1.13 bits per heavy atom. The molecule has 1 amide bonds.